The first-order valence-electron chi connectivity index (χ1n) is 4.68. The van der Waals surface area contributed by atoms with Crippen molar-refractivity contribution in [1.82, 2.24) is 5.32 Å². The molecule has 0 aromatic rings. The van der Waals surface area contributed by atoms with Crippen LogP contribution < -0.4 is 11.1 Å². The molecule has 0 aromatic carbocycles. The number of amides is 1. The first-order valence-corrected chi connectivity index (χ1v) is 4.68. The van der Waals surface area contributed by atoms with Gasteiger partial charge in [0.2, 0.25) is 5.91 Å². The minimum absolute atomic E-state index is 0.277. The Kier molecular flexibility index (Phi) is 5.15. The summed E-state index contributed by atoms with van der Waals surface area (Å²) in [4.78, 5) is 22.0. The number of carboxylic acids is 1. The SMILES string of the molecule is CCC(NC(=O)C(C)C(C)N)C(=O)O. The number of hydrogen-bond acceptors (Lipinski definition) is 3. The Balaban J connectivity index is 4.22. The largest absolute Gasteiger partial charge is 0.480 e. The van der Waals surface area contributed by atoms with Crippen LogP contribution in [0.2, 0.25) is 0 Å². The molecule has 0 saturated carbocycles. The standard InChI is InChI=1S/C9H18N2O3/c1-4-7(9(13)14)11-8(12)5(2)6(3)10/h5-7H,4,10H2,1-3H3,(H,11,12)(H,13,14). The maximum atomic E-state index is 11.4. The number of carbonyl (C=O) groups is 2. The van der Waals surface area contributed by atoms with E-state index in [0.29, 0.717) is 6.42 Å². The van der Waals surface area contributed by atoms with Crippen molar-refractivity contribution in [3.63, 3.8) is 0 Å². The topological polar surface area (TPSA) is 92.4 Å². The molecule has 0 rings (SSSR count). The molecule has 5 heteroatoms. The van der Waals surface area contributed by atoms with Crippen molar-refractivity contribution in [3.8, 4) is 0 Å². The molecule has 3 unspecified atom stereocenters. The summed E-state index contributed by atoms with van der Waals surface area (Å²) in [5, 5.41) is 11.1. The molecule has 0 aromatic heterocycles. The minimum atomic E-state index is -1.02. The molecule has 82 valence electrons. The molecule has 0 saturated heterocycles. The summed E-state index contributed by atoms with van der Waals surface area (Å²) in [5.41, 5.74) is 5.52. The number of carboxylic acid groups (broad SMARTS) is 1. The van der Waals surface area contributed by atoms with Crippen LogP contribution in [0.5, 0.6) is 0 Å². The van der Waals surface area contributed by atoms with Crippen LogP contribution in [-0.2, 0) is 9.59 Å². The lowest BCUT2D eigenvalue weighted by molar-refractivity contribution is -0.142. The average Bonchev–Trinajstić information content (AvgIpc) is 2.11. The van der Waals surface area contributed by atoms with Gasteiger partial charge in [-0.25, -0.2) is 4.79 Å². The molecule has 3 atom stereocenters. The van der Waals surface area contributed by atoms with Gasteiger partial charge in [-0.3, -0.25) is 4.79 Å². The second-order valence-electron chi connectivity index (χ2n) is 3.46. The minimum Gasteiger partial charge on any atom is -0.480 e. The average molecular weight is 202 g/mol. The molecule has 0 aliphatic heterocycles. The summed E-state index contributed by atoms with van der Waals surface area (Å²) < 4.78 is 0. The maximum Gasteiger partial charge on any atom is 0.326 e. The van der Waals surface area contributed by atoms with E-state index in [-0.39, 0.29) is 17.9 Å². The Bertz CT molecular complexity index is 216. The third-order valence-electron chi connectivity index (χ3n) is 2.23. The van der Waals surface area contributed by atoms with E-state index in [4.69, 9.17) is 10.8 Å². The van der Waals surface area contributed by atoms with E-state index in [2.05, 4.69) is 5.32 Å². The fraction of sp³-hybridized carbons (Fsp3) is 0.778. The Morgan fingerprint density at radius 2 is 1.93 bits per heavy atom. The molecular formula is C9H18N2O3. The third-order valence-corrected chi connectivity index (χ3v) is 2.23. The molecule has 14 heavy (non-hydrogen) atoms. The molecule has 4 N–H and O–H groups in total. The Morgan fingerprint density at radius 3 is 2.21 bits per heavy atom. The highest BCUT2D eigenvalue weighted by atomic mass is 16.4. The van der Waals surface area contributed by atoms with Gasteiger partial charge in [0.05, 0.1) is 0 Å². The fourth-order valence-electron chi connectivity index (χ4n) is 0.880. The number of nitrogens with one attached hydrogen (secondary N) is 1. The summed E-state index contributed by atoms with van der Waals surface area (Å²) in [7, 11) is 0. The second-order valence-corrected chi connectivity index (χ2v) is 3.46. The van der Waals surface area contributed by atoms with Gasteiger partial charge in [0.15, 0.2) is 0 Å². The van der Waals surface area contributed by atoms with Gasteiger partial charge in [0, 0.05) is 12.0 Å². The summed E-state index contributed by atoms with van der Waals surface area (Å²) in [6, 6.07) is -1.09. The van der Waals surface area contributed by atoms with Crippen LogP contribution in [0.3, 0.4) is 0 Å². The van der Waals surface area contributed by atoms with Gasteiger partial charge in [-0.2, -0.15) is 0 Å². The highest BCUT2D eigenvalue weighted by molar-refractivity contribution is 5.85. The first-order chi connectivity index (χ1) is 6.40. The normalized spacial score (nSPS) is 16.9. The van der Waals surface area contributed by atoms with E-state index < -0.39 is 12.0 Å². The van der Waals surface area contributed by atoms with Crippen molar-refractivity contribution in [2.24, 2.45) is 11.7 Å². The first kappa shape index (κ1) is 12.9. The molecule has 0 spiro atoms. The van der Waals surface area contributed by atoms with Crippen molar-refractivity contribution in [3.05, 3.63) is 0 Å². The predicted octanol–water partition coefficient (Wildman–Crippen LogP) is -0.0509. The Hall–Kier alpha value is -1.10. The van der Waals surface area contributed by atoms with Crippen LogP contribution in [0, 0.1) is 5.92 Å². The van der Waals surface area contributed by atoms with Crippen molar-refractivity contribution in [2.45, 2.75) is 39.3 Å². The fourth-order valence-corrected chi connectivity index (χ4v) is 0.880. The van der Waals surface area contributed by atoms with Crippen molar-refractivity contribution in [1.29, 1.82) is 0 Å². The smallest absolute Gasteiger partial charge is 0.326 e. The zero-order valence-corrected chi connectivity index (χ0v) is 8.78. The van der Waals surface area contributed by atoms with Gasteiger partial charge in [0.25, 0.3) is 0 Å². The third kappa shape index (κ3) is 3.74. The molecule has 0 aliphatic rings. The predicted molar refractivity (Wildman–Crippen MR) is 52.7 cm³/mol. The van der Waals surface area contributed by atoms with E-state index in [1.807, 2.05) is 0 Å². The van der Waals surface area contributed by atoms with Crippen LogP contribution in [-0.4, -0.2) is 29.1 Å². The molecule has 0 radical (unpaired) electrons. The lowest BCUT2D eigenvalue weighted by Crippen LogP contribution is -2.46. The highest BCUT2D eigenvalue weighted by Crippen LogP contribution is 2.01. The van der Waals surface area contributed by atoms with E-state index in [1.165, 1.54) is 0 Å². The summed E-state index contributed by atoms with van der Waals surface area (Å²) in [6.07, 6.45) is 0.368. The molecule has 0 fully saturated rings. The molecular weight excluding hydrogens is 184 g/mol. The van der Waals surface area contributed by atoms with Crippen LogP contribution in [0.25, 0.3) is 0 Å². The monoisotopic (exact) mass is 202 g/mol. The quantitative estimate of drug-likeness (QED) is 0.582. The highest BCUT2D eigenvalue weighted by Gasteiger charge is 2.22. The number of aliphatic carboxylic acids is 1. The molecule has 1 amide bonds. The van der Waals surface area contributed by atoms with E-state index in [1.54, 1.807) is 20.8 Å². The van der Waals surface area contributed by atoms with E-state index in [9.17, 15) is 9.59 Å². The zero-order chi connectivity index (χ0) is 11.3. The van der Waals surface area contributed by atoms with Crippen molar-refractivity contribution < 1.29 is 14.7 Å². The molecule has 0 heterocycles. The van der Waals surface area contributed by atoms with E-state index >= 15 is 0 Å². The van der Waals surface area contributed by atoms with Gasteiger partial charge in [-0.15, -0.1) is 0 Å². The van der Waals surface area contributed by atoms with E-state index in [0.717, 1.165) is 0 Å². The number of rotatable bonds is 5. The number of nitrogens with two attached hydrogens (primary N) is 1. The molecule has 5 nitrogen and oxygen atoms in total. The Morgan fingerprint density at radius 1 is 1.43 bits per heavy atom. The van der Waals surface area contributed by atoms with Gasteiger partial charge in [-0.05, 0) is 13.3 Å². The van der Waals surface area contributed by atoms with Gasteiger partial charge in [-0.1, -0.05) is 13.8 Å². The van der Waals surface area contributed by atoms with Crippen LogP contribution >= 0.6 is 0 Å². The molecule has 0 bridgehead atoms. The van der Waals surface area contributed by atoms with Crippen molar-refractivity contribution >= 4 is 11.9 Å². The zero-order valence-electron chi connectivity index (χ0n) is 8.78. The van der Waals surface area contributed by atoms with Crippen LogP contribution in [0.1, 0.15) is 27.2 Å². The summed E-state index contributed by atoms with van der Waals surface area (Å²) in [6.45, 7) is 5.09. The number of hydrogen-bond donors (Lipinski definition) is 3. The molecule has 0 aliphatic carbocycles. The lowest BCUT2D eigenvalue weighted by Gasteiger charge is -2.18. The summed E-state index contributed by atoms with van der Waals surface area (Å²) >= 11 is 0. The van der Waals surface area contributed by atoms with Crippen LogP contribution in [0.15, 0.2) is 0 Å². The number of carbonyl (C=O) groups excluding carboxylic acids is 1. The van der Waals surface area contributed by atoms with Crippen molar-refractivity contribution in [2.75, 3.05) is 0 Å². The maximum absolute atomic E-state index is 11.4. The van der Waals surface area contributed by atoms with Gasteiger partial charge < -0.3 is 16.2 Å². The van der Waals surface area contributed by atoms with Crippen LogP contribution in [0.4, 0.5) is 0 Å². The van der Waals surface area contributed by atoms with Gasteiger partial charge in [0.1, 0.15) is 6.04 Å². The lowest BCUT2D eigenvalue weighted by atomic mass is 10.0. The van der Waals surface area contributed by atoms with Gasteiger partial charge >= 0.3 is 5.97 Å². The Labute approximate surface area is 83.7 Å². The summed E-state index contributed by atoms with van der Waals surface area (Å²) in [5.74, 6) is -1.70. The second kappa shape index (κ2) is 5.59.